The van der Waals surface area contributed by atoms with E-state index in [0.29, 0.717) is 33.4 Å². The van der Waals surface area contributed by atoms with Gasteiger partial charge in [-0.25, -0.2) is 4.39 Å². The van der Waals surface area contributed by atoms with Crippen molar-refractivity contribution in [1.82, 2.24) is 15.6 Å². The van der Waals surface area contributed by atoms with E-state index in [4.69, 9.17) is 10.8 Å². The predicted octanol–water partition coefficient (Wildman–Crippen LogP) is 5.50. The van der Waals surface area contributed by atoms with Crippen LogP contribution in [0.5, 0.6) is 0 Å². The summed E-state index contributed by atoms with van der Waals surface area (Å²) in [5, 5.41) is 6.82. The van der Waals surface area contributed by atoms with Crippen molar-refractivity contribution in [2.75, 3.05) is 7.05 Å². The average Bonchev–Trinajstić information content (AvgIpc) is 3.53. The van der Waals surface area contributed by atoms with Crippen LogP contribution in [0.3, 0.4) is 0 Å². The third kappa shape index (κ3) is 3.89. The summed E-state index contributed by atoms with van der Waals surface area (Å²) in [6.07, 6.45) is 7.19. The van der Waals surface area contributed by atoms with E-state index >= 15 is 0 Å². The lowest BCUT2D eigenvalue weighted by Crippen LogP contribution is -2.31. The number of aromatic amines is 1. The lowest BCUT2D eigenvalue weighted by Gasteiger charge is -2.10. The minimum Gasteiger partial charge on any atom is -0.454 e. The molecule has 0 bridgehead atoms. The van der Waals surface area contributed by atoms with Crippen LogP contribution in [-0.4, -0.2) is 29.9 Å². The molecule has 2 aromatic heterocycles. The van der Waals surface area contributed by atoms with E-state index in [9.17, 15) is 14.0 Å². The molecule has 0 aliphatic carbocycles. The Morgan fingerprint density at radius 1 is 1.03 bits per heavy atom. The Balaban J connectivity index is 1.74. The molecule has 0 aliphatic rings. The number of carbonyl (C=O) groups is 2. The third-order valence-electron chi connectivity index (χ3n) is 6.09. The number of halogens is 1. The summed E-state index contributed by atoms with van der Waals surface area (Å²) >= 11 is 0. The van der Waals surface area contributed by atoms with Crippen molar-refractivity contribution in [1.29, 1.82) is 0 Å². The smallest absolute Gasteiger partial charge is 0.255 e. The second-order valence-electron chi connectivity index (χ2n) is 8.40. The fraction of sp³-hybridized carbons (Fsp3) is 0.103. The van der Waals surface area contributed by atoms with Crippen LogP contribution in [0.25, 0.3) is 44.3 Å². The third-order valence-corrected chi connectivity index (χ3v) is 6.09. The number of nitrogens with one attached hydrogen (secondary N) is 3. The van der Waals surface area contributed by atoms with E-state index in [-0.39, 0.29) is 17.6 Å². The summed E-state index contributed by atoms with van der Waals surface area (Å²) < 4.78 is 19.8. The first-order valence-corrected chi connectivity index (χ1v) is 11.3. The zero-order valence-electron chi connectivity index (χ0n) is 19.6. The second kappa shape index (κ2) is 9.08. The van der Waals surface area contributed by atoms with Crippen LogP contribution in [-0.2, 0) is 0 Å². The molecule has 3 aromatic carbocycles. The van der Waals surface area contributed by atoms with Gasteiger partial charge in [-0.1, -0.05) is 18.1 Å². The number of terminal acetylenes is 1. The van der Waals surface area contributed by atoms with Crippen molar-refractivity contribution in [3.05, 3.63) is 83.8 Å². The Hall–Kier alpha value is -4.83. The van der Waals surface area contributed by atoms with Gasteiger partial charge in [0, 0.05) is 40.7 Å². The van der Waals surface area contributed by atoms with Gasteiger partial charge in [0.1, 0.15) is 17.2 Å². The van der Waals surface area contributed by atoms with Gasteiger partial charge in [-0.2, -0.15) is 0 Å². The van der Waals surface area contributed by atoms with Crippen molar-refractivity contribution in [2.45, 2.75) is 13.0 Å². The molecule has 178 valence electrons. The summed E-state index contributed by atoms with van der Waals surface area (Å²) in [6.45, 7) is 1.73. The van der Waals surface area contributed by atoms with Crippen LogP contribution in [0.1, 0.15) is 27.6 Å². The van der Waals surface area contributed by atoms with Gasteiger partial charge >= 0.3 is 0 Å². The van der Waals surface area contributed by atoms with Gasteiger partial charge in [-0.15, -0.1) is 6.42 Å². The number of H-pyrrole nitrogens is 1. The average molecular weight is 480 g/mol. The molecule has 0 aliphatic heterocycles. The van der Waals surface area contributed by atoms with E-state index in [1.54, 1.807) is 50.5 Å². The van der Waals surface area contributed by atoms with E-state index in [0.717, 1.165) is 22.0 Å². The topological polar surface area (TPSA) is 87.1 Å². The number of benzene rings is 3. The highest BCUT2D eigenvalue weighted by Crippen LogP contribution is 2.41. The standard InChI is InChI=1S/C29H22FN3O3/c1-4-16(2)33-28(34)19-7-5-6-18(14-19)22-15-23-24(29(35)31-3)26(17-8-10-20(30)11-9-17)36-27(23)21-12-13-32-25(21)22/h1,5-16,32H,2-3H3,(H,31,35)(H,33,34). The molecule has 0 radical (unpaired) electrons. The summed E-state index contributed by atoms with van der Waals surface area (Å²) in [4.78, 5) is 29.0. The highest BCUT2D eigenvalue weighted by atomic mass is 19.1. The van der Waals surface area contributed by atoms with Gasteiger partial charge in [0.15, 0.2) is 0 Å². The first kappa shape index (κ1) is 22.9. The summed E-state index contributed by atoms with van der Waals surface area (Å²) in [6, 6.07) is 16.3. The number of rotatable bonds is 5. The van der Waals surface area contributed by atoms with Crippen molar-refractivity contribution >= 4 is 33.7 Å². The van der Waals surface area contributed by atoms with Gasteiger partial charge in [0.05, 0.1) is 17.1 Å². The molecule has 2 amide bonds. The zero-order valence-corrected chi connectivity index (χ0v) is 19.6. The SMILES string of the molecule is C#CC(C)NC(=O)c1cccc(-c2cc3c(C(=O)NC)c(-c4ccc(F)cc4)oc3c3cc[nH]c23)c1. The fourth-order valence-electron chi connectivity index (χ4n) is 4.31. The largest absolute Gasteiger partial charge is 0.454 e. The lowest BCUT2D eigenvalue weighted by atomic mass is 9.96. The molecule has 36 heavy (non-hydrogen) atoms. The Bertz CT molecular complexity index is 1670. The number of hydrogen-bond acceptors (Lipinski definition) is 3. The highest BCUT2D eigenvalue weighted by Gasteiger charge is 2.25. The van der Waals surface area contributed by atoms with Crippen molar-refractivity contribution in [3.63, 3.8) is 0 Å². The Kier molecular flexibility index (Phi) is 5.79. The van der Waals surface area contributed by atoms with Crippen LogP contribution in [0.15, 0.2) is 71.3 Å². The number of hydrogen-bond donors (Lipinski definition) is 3. The monoisotopic (exact) mass is 479 g/mol. The second-order valence-corrected chi connectivity index (χ2v) is 8.40. The van der Waals surface area contributed by atoms with Crippen molar-refractivity contribution < 1.29 is 18.4 Å². The van der Waals surface area contributed by atoms with E-state index < -0.39 is 6.04 Å². The van der Waals surface area contributed by atoms with Crippen LogP contribution < -0.4 is 10.6 Å². The van der Waals surface area contributed by atoms with Gasteiger partial charge in [0.25, 0.3) is 11.8 Å². The lowest BCUT2D eigenvalue weighted by molar-refractivity contribution is 0.0944. The summed E-state index contributed by atoms with van der Waals surface area (Å²) in [7, 11) is 1.55. The highest BCUT2D eigenvalue weighted by molar-refractivity contribution is 6.19. The molecule has 0 spiro atoms. The molecule has 6 nitrogen and oxygen atoms in total. The number of amides is 2. The first-order valence-electron chi connectivity index (χ1n) is 11.3. The van der Waals surface area contributed by atoms with Crippen molar-refractivity contribution in [2.24, 2.45) is 0 Å². The Labute approximate surface area is 206 Å². The van der Waals surface area contributed by atoms with Gasteiger partial charge in [0.2, 0.25) is 0 Å². The minimum absolute atomic E-state index is 0.279. The van der Waals surface area contributed by atoms with Gasteiger partial charge in [-0.3, -0.25) is 9.59 Å². The molecule has 1 unspecified atom stereocenters. The van der Waals surface area contributed by atoms with Gasteiger partial charge < -0.3 is 20.0 Å². The molecule has 0 saturated heterocycles. The molecule has 1 atom stereocenters. The van der Waals surface area contributed by atoms with Gasteiger partial charge in [-0.05, 0) is 61.0 Å². The molecular formula is C29H22FN3O3. The normalized spacial score (nSPS) is 11.8. The van der Waals surface area contributed by atoms with Crippen LogP contribution in [0, 0.1) is 18.2 Å². The van der Waals surface area contributed by atoms with Crippen molar-refractivity contribution in [3.8, 4) is 34.8 Å². The summed E-state index contributed by atoms with van der Waals surface area (Å²) in [5.41, 5.74) is 4.28. The molecular weight excluding hydrogens is 457 g/mol. The molecule has 5 rings (SSSR count). The Morgan fingerprint density at radius 2 is 1.81 bits per heavy atom. The Morgan fingerprint density at radius 3 is 2.53 bits per heavy atom. The molecule has 3 N–H and O–H groups in total. The predicted molar refractivity (Wildman–Crippen MR) is 138 cm³/mol. The van der Waals surface area contributed by atoms with E-state index in [2.05, 4.69) is 21.5 Å². The van der Waals surface area contributed by atoms with Crippen LogP contribution in [0.2, 0.25) is 0 Å². The van der Waals surface area contributed by atoms with E-state index in [1.165, 1.54) is 12.1 Å². The number of fused-ring (bicyclic) bond motifs is 3. The van der Waals surface area contributed by atoms with E-state index in [1.807, 2.05) is 18.2 Å². The van der Waals surface area contributed by atoms with Crippen LogP contribution >= 0.6 is 0 Å². The molecule has 7 heteroatoms. The molecule has 0 fully saturated rings. The first-order chi connectivity index (χ1) is 17.4. The maximum Gasteiger partial charge on any atom is 0.255 e. The molecule has 2 heterocycles. The number of furan rings is 1. The minimum atomic E-state index is -0.404. The number of carbonyl (C=O) groups excluding carboxylic acids is 2. The molecule has 0 saturated carbocycles. The fourth-order valence-corrected chi connectivity index (χ4v) is 4.31. The number of aromatic nitrogens is 1. The quantitative estimate of drug-likeness (QED) is 0.291. The maximum absolute atomic E-state index is 13.6. The van der Waals surface area contributed by atoms with Crippen LogP contribution in [0.4, 0.5) is 4.39 Å². The molecule has 5 aromatic rings. The zero-order chi connectivity index (χ0) is 25.4. The summed E-state index contributed by atoms with van der Waals surface area (Å²) in [5.74, 6) is 1.85. The maximum atomic E-state index is 13.6.